The monoisotopic (exact) mass is 393 g/mol. The summed E-state index contributed by atoms with van der Waals surface area (Å²) in [4.78, 5) is 19.2. The Bertz CT molecular complexity index is 1070. The van der Waals surface area contributed by atoms with Crippen LogP contribution in [-0.2, 0) is 24.9 Å². The van der Waals surface area contributed by atoms with E-state index in [1.165, 1.54) is 0 Å². The minimum absolute atomic E-state index is 0.0458. The molecule has 1 fully saturated rings. The number of ether oxygens (including phenoxy) is 2. The van der Waals surface area contributed by atoms with Crippen LogP contribution in [0.3, 0.4) is 0 Å². The fourth-order valence-corrected chi connectivity index (χ4v) is 4.23. The summed E-state index contributed by atoms with van der Waals surface area (Å²) in [6.45, 7) is 2.32. The number of aromatic nitrogens is 4. The summed E-state index contributed by atoms with van der Waals surface area (Å²) in [5, 5.41) is 4.24. The molecule has 0 radical (unpaired) electrons. The van der Waals surface area contributed by atoms with Gasteiger partial charge in [-0.1, -0.05) is 12.1 Å². The van der Waals surface area contributed by atoms with Crippen LogP contribution in [0.4, 0.5) is 0 Å². The van der Waals surface area contributed by atoms with Gasteiger partial charge >= 0.3 is 0 Å². The van der Waals surface area contributed by atoms with Crippen LogP contribution < -0.4 is 4.74 Å². The Hall–Kier alpha value is -3.13. The molecular weight excluding hydrogens is 370 g/mol. The Labute approximate surface area is 168 Å². The molecule has 2 aliphatic rings. The molecule has 0 aliphatic carbocycles. The molecule has 2 aromatic heterocycles. The van der Waals surface area contributed by atoms with Gasteiger partial charge in [-0.15, -0.1) is 0 Å². The molecule has 29 heavy (non-hydrogen) atoms. The van der Waals surface area contributed by atoms with Crippen molar-refractivity contribution in [1.29, 1.82) is 0 Å². The number of hydrogen-bond acceptors (Lipinski definition) is 5. The third-order valence-electron chi connectivity index (χ3n) is 5.79. The van der Waals surface area contributed by atoms with Crippen LogP contribution in [0.25, 0.3) is 11.3 Å². The maximum atomic E-state index is 12.8. The molecule has 1 spiro atoms. The van der Waals surface area contributed by atoms with Crippen LogP contribution in [0.2, 0.25) is 0 Å². The topological polar surface area (TPSA) is 74.4 Å². The Kier molecular flexibility index (Phi) is 4.16. The van der Waals surface area contributed by atoms with Gasteiger partial charge in [-0.3, -0.25) is 9.48 Å². The van der Waals surface area contributed by atoms with Gasteiger partial charge in [-0.05, 0) is 24.6 Å². The molecule has 0 bridgehead atoms. The SMILES string of the molecule is COc1cccc(-c2cnc3n2C[C@]2(CCN(C(=O)c4ccn(C)n4)C2)OC3)c1. The quantitative estimate of drug-likeness (QED) is 0.681. The van der Waals surface area contributed by atoms with Gasteiger partial charge < -0.3 is 18.9 Å². The summed E-state index contributed by atoms with van der Waals surface area (Å²) in [7, 11) is 3.48. The first kappa shape index (κ1) is 17.9. The number of aryl methyl sites for hydroxylation is 1. The lowest BCUT2D eigenvalue weighted by Crippen LogP contribution is -2.45. The van der Waals surface area contributed by atoms with Crippen LogP contribution in [-0.4, -0.2) is 55.9 Å². The second-order valence-corrected chi connectivity index (χ2v) is 7.70. The fourth-order valence-electron chi connectivity index (χ4n) is 4.23. The standard InChI is InChI=1S/C21H23N5O3/c1-24-8-6-17(23-24)20(27)25-9-7-21(13-25)14-26-18(11-22-19(26)12-29-21)15-4-3-5-16(10-15)28-2/h3-6,8,10-11H,7,9,12-14H2,1-2H3/t21-/m1/s1. The second-order valence-electron chi connectivity index (χ2n) is 7.70. The van der Waals surface area contributed by atoms with Crippen LogP contribution in [0, 0.1) is 0 Å². The first-order chi connectivity index (χ1) is 14.1. The largest absolute Gasteiger partial charge is 0.497 e. The zero-order chi connectivity index (χ0) is 20.0. The highest BCUT2D eigenvalue weighted by Gasteiger charge is 2.45. The van der Waals surface area contributed by atoms with E-state index in [1.807, 2.05) is 36.3 Å². The predicted molar refractivity (Wildman–Crippen MR) is 105 cm³/mol. The molecule has 2 aliphatic heterocycles. The van der Waals surface area contributed by atoms with E-state index in [0.717, 1.165) is 29.3 Å². The molecule has 1 atom stereocenters. The zero-order valence-electron chi connectivity index (χ0n) is 16.5. The van der Waals surface area contributed by atoms with E-state index >= 15 is 0 Å². The van der Waals surface area contributed by atoms with Crippen molar-refractivity contribution in [3.63, 3.8) is 0 Å². The van der Waals surface area contributed by atoms with Gasteiger partial charge in [0.2, 0.25) is 0 Å². The van der Waals surface area contributed by atoms with Gasteiger partial charge in [-0.25, -0.2) is 4.98 Å². The Morgan fingerprint density at radius 1 is 1.28 bits per heavy atom. The Morgan fingerprint density at radius 2 is 2.17 bits per heavy atom. The number of carbonyl (C=O) groups is 1. The number of fused-ring (bicyclic) bond motifs is 1. The highest BCUT2D eigenvalue weighted by molar-refractivity contribution is 5.92. The minimum atomic E-state index is -0.397. The van der Waals surface area contributed by atoms with Crippen molar-refractivity contribution in [2.75, 3.05) is 20.2 Å². The summed E-state index contributed by atoms with van der Waals surface area (Å²) in [6.07, 6.45) is 4.47. The first-order valence-corrected chi connectivity index (χ1v) is 9.69. The molecule has 5 rings (SSSR count). The number of rotatable bonds is 3. The average molecular weight is 393 g/mol. The summed E-state index contributed by atoms with van der Waals surface area (Å²) in [5.74, 6) is 1.67. The van der Waals surface area contributed by atoms with Crippen LogP contribution >= 0.6 is 0 Å². The van der Waals surface area contributed by atoms with Gasteiger partial charge in [0.1, 0.15) is 29.5 Å². The summed E-state index contributed by atoms with van der Waals surface area (Å²) in [5.41, 5.74) is 2.17. The second kappa shape index (κ2) is 6.73. The van der Waals surface area contributed by atoms with Gasteiger partial charge in [-0.2, -0.15) is 5.10 Å². The number of likely N-dealkylation sites (tertiary alicyclic amines) is 1. The summed E-state index contributed by atoms with van der Waals surface area (Å²) >= 11 is 0. The summed E-state index contributed by atoms with van der Waals surface area (Å²) in [6, 6.07) is 9.73. The molecule has 1 saturated heterocycles. The molecule has 150 valence electrons. The maximum Gasteiger partial charge on any atom is 0.274 e. The lowest BCUT2D eigenvalue weighted by Gasteiger charge is -2.35. The van der Waals surface area contributed by atoms with E-state index in [4.69, 9.17) is 9.47 Å². The number of amides is 1. The van der Waals surface area contributed by atoms with E-state index < -0.39 is 5.60 Å². The third-order valence-corrected chi connectivity index (χ3v) is 5.79. The van der Waals surface area contributed by atoms with E-state index in [1.54, 1.807) is 24.1 Å². The van der Waals surface area contributed by atoms with E-state index in [0.29, 0.717) is 31.9 Å². The number of benzene rings is 1. The van der Waals surface area contributed by atoms with Gasteiger partial charge in [0.15, 0.2) is 0 Å². The molecule has 0 N–H and O–H groups in total. The van der Waals surface area contributed by atoms with Crippen molar-refractivity contribution in [1.82, 2.24) is 24.2 Å². The van der Waals surface area contributed by atoms with E-state index in [2.05, 4.69) is 20.7 Å². The van der Waals surface area contributed by atoms with Gasteiger partial charge in [0, 0.05) is 25.4 Å². The lowest BCUT2D eigenvalue weighted by atomic mass is 10.0. The predicted octanol–water partition coefficient (Wildman–Crippen LogP) is 2.11. The molecule has 0 saturated carbocycles. The summed E-state index contributed by atoms with van der Waals surface area (Å²) < 4.78 is 15.5. The molecule has 1 aromatic carbocycles. The maximum absolute atomic E-state index is 12.8. The smallest absolute Gasteiger partial charge is 0.274 e. The van der Waals surface area contributed by atoms with Crippen LogP contribution in [0.1, 0.15) is 22.7 Å². The Balaban J connectivity index is 1.40. The molecule has 4 heterocycles. The molecular formula is C21H23N5O3. The number of methoxy groups -OCH3 is 1. The van der Waals surface area contributed by atoms with Gasteiger partial charge in [0.25, 0.3) is 5.91 Å². The number of carbonyl (C=O) groups excluding carboxylic acids is 1. The van der Waals surface area contributed by atoms with Crippen molar-refractivity contribution < 1.29 is 14.3 Å². The van der Waals surface area contributed by atoms with Crippen molar-refractivity contribution >= 4 is 5.91 Å². The lowest BCUT2D eigenvalue weighted by molar-refractivity contribution is -0.0804. The van der Waals surface area contributed by atoms with E-state index in [-0.39, 0.29) is 5.91 Å². The molecule has 1 amide bonds. The molecule has 8 heteroatoms. The highest BCUT2D eigenvalue weighted by Crippen LogP contribution is 2.36. The highest BCUT2D eigenvalue weighted by atomic mass is 16.5. The molecule has 8 nitrogen and oxygen atoms in total. The fraction of sp³-hybridized carbons (Fsp3) is 0.381. The van der Waals surface area contributed by atoms with Crippen LogP contribution in [0.5, 0.6) is 5.75 Å². The number of hydrogen-bond donors (Lipinski definition) is 0. The number of imidazole rings is 1. The molecule has 0 unspecified atom stereocenters. The normalized spacial score (nSPS) is 20.8. The minimum Gasteiger partial charge on any atom is -0.497 e. The Morgan fingerprint density at radius 3 is 2.97 bits per heavy atom. The molecule has 3 aromatic rings. The van der Waals surface area contributed by atoms with Crippen molar-refractivity contribution in [3.8, 4) is 17.0 Å². The van der Waals surface area contributed by atoms with Crippen molar-refractivity contribution in [3.05, 3.63) is 54.2 Å². The zero-order valence-corrected chi connectivity index (χ0v) is 16.5. The van der Waals surface area contributed by atoms with Gasteiger partial charge in [0.05, 0.1) is 32.1 Å². The third kappa shape index (κ3) is 3.09. The van der Waals surface area contributed by atoms with Crippen LogP contribution in [0.15, 0.2) is 42.7 Å². The van der Waals surface area contributed by atoms with Crippen molar-refractivity contribution in [2.24, 2.45) is 7.05 Å². The van der Waals surface area contributed by atoms with Crippen molar-refractivity contribution in [2.45, 2.75) is 25.2 Å². The first-order valence-electron chi connectivity index (χ1n) is 9.69. The average Bonchev–Trinajstić information content (AvgIpc) is 3.46. The number of nitrogens with zero attached hydrogens (tertiary/aromatic N) is 5. The van der Waals surface area contributed by atoms with E-state index in [9.17, 15) is 4.79 Å².